The van der Waals surface area contributed by atoms with Crippen molar-refractivity contribution >= 4 is 10.0 Å². The molecule has 24 heavy (non-hydrogen) atoms. The molecule has 1 aliphatic carbocycles. The zero-order chi connectivity index (χ0) is 17.2. The molecule has 0 radical (unpaired) electrons. The normalized spacial score (nSPS) is 21.4. The van der Waals surface area contributed by atoms with Gasteiger partial charge in [-0.1, -0.05) is 12.8 Å². The molecule has 2 fully saturated rings. The summed E-state index contributed by atoms with van der Waals surface area (Å²) in [5.74, 6) is -1.90. The van der Waals surface area contributed by atoms with Gasteiger partial charge in [-0.3, -0.25) is 0 Å². The Morgan fingerprint density at radius 3 is 2.33 bits per heavy atom. The second kappa shape index (κ2) is 7.45. The Labute approximate surface area is 142 Å². The summed E-state index contributed by atoms with van der Waals surface area (Å²) < 4.78 is 53.1. The topological polar surface area (TPSA) is 49.4 Å². The van der Waals surface area contributed by atoms with Crippen LogP contribution < -0.4 is 4.72 Å². The van der Waals surface area contributed by atoms with E-state index >= 15 is 0 Å². The molecule has 7 heteroatoms. The van der Waals surface area contributed by atoms with Crippen LogP contribution in [0.1, 0.15) is 38.5 Å². The number of nitrogens with zero attached hydrogens (tertiary/aromatic N) is 1. The van der Waals surface area contributed by atoms with Crippen molar-refractivity contribution in [2.45, 2.75) is 49.5 Å². The molecule has 0 spiro atoms. The number of likely N-dealkylation sites (tertiary alicyclic amines) is 1. The zero-order valence-electron chi connectivity index (χ0n) is 13.7. The van der Waals surface area contributed by atoms with Gasteiger partial charge in [0.15, 0.2) is 11.6 Å². The Hall–Kier alpha value is -1.05. The van der Waals surface area contributed by atoms with E-state index in [1.54, 1.807) is 0 Å². The average Bonchev–Trinajstić information content (AvgIpc) is 3.10. The molecule has 134 valence electrons. The van der Waals surface area contributed by atoms with Crippen LogP contribution in [0.5, 0.6) is 0 Å². The maximum Gasteiger partial charge on any atom is 0.240 e. The second-order valence-electron chi connectivity index (χ2n) is 6.85. The molecule has 1 saturated carbocycles. The Morgan fingerprint density at radius 1 is 1.04 bits per heavy atom. The summed E-state index contributed by atoms with van der Waals surface area (Å²) in [6.07, 6.45) is 7.14. The molecular weight excluding hydrogens is 334 g/mol. The minimum Gasteiger partial charge on any atom is -0.300 e. The molecule has 0 amide bonds. The maximum absolute atomic E-state index is 13.2. The van der Waals surface area contributed by atoms with Crippen molar-refractivity contribution in [2.75, 3.05) is 19.6 Å². The minimum atomic E-state index is -3.80. The fourth-order valence-electron chi connectivity index (χ4n) is 3.75. The van der Waals surface area contributed by atoms with Crippen molar-refractivity contribution in [3.05, 3.63) is 29.8 Å². The van der Waals surface area contributed by atoms with Crippen LogP contribution in [0.15, 0.2) is 23.1 Å². The molecule has 1 N–H and O–H groups in total. The third kappa shape index (κ3) is 4.13. The molecule has 0 unspecified atom stereocenters. The molecule has 2 aliphatic rings. The number of nitrogens with one attached hydrogen (secondary N) is 1. The Kier molecular flexibility index (Phi) is 5.52. The molecule has 0 atom stereocenters. The first kappa shape index (κ1) is 17.8. The van der Waals surface area contributed by atoms with Crippen LogP contribution in [0.25, 0.3) is 0 Å². The van der Waals surface area contributed by atoms with E-state index in [1.165, 1.54) is 25.7 Å². The van der Waals surface area contributed by atoms with Crippen LogP contribution in [-0.2, 0) is 10.0 Å². The highest BCUT2D eigenvalue weighted by molar-refractivity contribution is 7.89. The van der Waals surface area contributed by atoms with E-state index in [2.05, 4.69) is 9.62 Å². The lowest BCUT2D eigenvalue weighted by atomic mass is 9.96. The standard InChI is InChI=1S/C17H24F2N2O2S/c18-16-6-5-15(11-17(16)19)24(22,23)20-12-13-7-9-21(10-8-13)14-3-1-2-4-14/h5-6,11,13-14,20H,1-4,7-10,12H2. The summed E-state index contributed by atoms with van der Waals surface area (Å²) in [7, 11) is -3.80. The van der Waals surface area contributed by atoms with E-state index in [0.717, 1.165) is 44.1 Å². The fraction of sp³-hybridized carbons (Fsp3) is 0.647. The minimum absolute atomic E-state index is 0.232. The number of benzene rings is 1. The largest absolute Gasteiger partial charge is 0.300 e. The average molecular weight is 358 g/mol. The molecule has 1 saturated heterocycles. The summed E-state index contributed by atoms with van der Waals surface area (Å²) in [6, 6.07) is 3.36. The monoisotopic (exact) mass is 358 g/mol. The van der Waals surface area contributed by atoms with Gasteiger partial charge in [-0.15, -0.1) is 0 Å². The molecule has 3 rings (SSSR count). The third-order valence-corrected chi connectivity index (χ3v) is 6.67. The number of rotatable bonds is 5. The van der Waals surface area contributed by atoms with Gasteiger partial charge >= 0.3 is 0 Å². The van der Waals surface area contributed by atoms with Crippen molar-refractivity contribution in [3.63, 3.8) is 0 Å². The molecule has 0 bridgehead atoms. The van der Waals surface area contributed by atoms with Crippen LogP contribution in [0, 0.1) is 17.6 Å². The van der Waals surface area contributed by atoms with Crippen LogP contribution in [0.2, 0.25) is 0 Å². The van der Waals surface area contributed by atoms with Gasteiger partial charge < -0.3 is 4.90 Å². The SMILES string of the molecule is O=S(=O)(NCC1CCN(C2CCCC2)CC1)c1ccc(F)c(F)c1. The predicted octanol–water partition coefficient (Wildman–Crippen LogP) is 2.90. The van der Waals surface area contributed by atoms with E-state index in [4.69, 9.17) is 0 Å². The lowest BCUT2D eigenvalue weighted by molar-refractivity contribution is 0.135. The molecule has 1 heterocycles. The smallest absolute Gasteiger partial charge is 0.240 e. The number of sulfonamides is 1. The van der Waals surface area contributed by atoms with Gasteiger partial charge in [-0.05, 0) is 62.9 Å². The van der Waals surface area contributed by atoms with E-state index < -0.39 is 21.7 Å². The summed E-state index contributed by atoms with van der Waals surface area (Å²) in [5, 5.41) is 0. The Morgan fingerprint density at radius 2 is 1.71 bits per heavy atom. The third-order valence-electron chi connectivity index (χ3n) is 5.25. The first-order valence-electron chi connectivity index (χ1n) is 8.64. The molecule has 4 nitrogen and oxygen atoms in total. The molecule has 1 aromatic carbocycles. The number of hydrogen-bond acceptors (Lipinski definition) is 3. The van der Waals surface area contributed by atoms with Gasteiger partial charge in [-0.2, -0.15) is 0 Å². The maximum atomic E-state index is 13.2. The first-order valence-corrected chi connectivity index (χ1v) is 10.1. The number of piperidine rings is 1. The van der Waals surface area contributed by atoms with Gasteiger partial charge in [0.1, 0.15) is 0 Å². The van der Waals surface area contributed by atoms with Crippen LogP contribution in [0.4, 0.5) is 8.78 Å². The van der Waals surface area contributed by atoms with Crippen molar-refractivity contribution in [1.29, 1.82) is 0 Å². The van der Waals surface area contributed by atoms with Gasteiger partial charge in [0.25, 0.3) is 0 Å². The highest BCUT2D eigenvalue weighted by Gasteiger charge is 2.27. The highest BCUT2D eigenvalue weighted by Crippen LogP contribution is 2.27. The molecule has 1 aromatic rings. The van der Waals surface area contributed by atoms with Crippen LogP contribution >= 0.6 is 0 Å². The van der Waals surface area contributed by atoms with Gasteiger partial charge in [0.2, 0.25) is 10.0 Å². The van der Waals surface area contributed by atoms with Gasteiger partial charge in [0, 0.05) is 12.6 Å². The summed E-state index contributed by atoms with van der Waals surface area (Å²) >= 11 is 0. The second-order valence-corrected chi connectivity index (χ2v) is 8.61. The summed E-state index contributed by atoms with van der Waals surface area (Å²) in [5.41, 5.74) is 0. The molecular formula is C17H24F2N2O2S. The molecule has 1 aliphatic heterocycles. The fourth-order valence-corrected chi connectivity index (χ4v) is 4.87. The lowest BCUT2D eigenvalue weighted by Crippen LogP contribution is -2.42. The van der Waals surface area contributed by atoms with Crippen molar-refractivity contribution in [3.8, 4) is 0 Å². The Bertz CT molecular complexity index is 667. The van der Waals surface area contributed by atoms with Crippen molar-refractivity contribution in [2.24, 2.45) is 5.92 Å². The molecule has 0 aromatic heterocycles. The van der Waals surface area contributed by atoms with E-state index in [9.17, 15) is 17.2 Å². The zero-order valence-corrected chi connectivity index (χ0v) is 14.5. The van der Waals surface area contributed by atoms with Gasteiger partial charge in [-0.25, -0.2) is 21.9 Å². The first-order chi connectivity index (χ1) is 11.5. The van der Waals surface area contributed by atoms with E-state index in [-0.39, 0.29) is 4.90 Å². The predicted molar refractivity (Wildman–Crippen MR) is 88.1 cm³/mol. The van der Waals surface area contributed by atoms with Crippen molar-refractivity contribution < 1.29 is 17.2 Å². The number of hydrogen-bond donors (Lipinski definition) is 1. The Balaban J connectivity index is 1.51. The lowest BCUT2D eigenvalue weighted by Gasteiger charge is -2.36. The van der Waals surface area contributed by atoms with Gasteiger partial charge in [0.05, 0.1) is 4.90 Å². The van der Waals surface area contributed by atoms with E-state index in [0.29, 0.717) is 18.5 Å². The van der Waals surface area contributed by atoms with Crippen molar-refractivity contribution in [1.82, 2.24) is 9.62 Å². The summed E-state index contributed by atoms with van der Waals surface area (Å²) in [4.78, 5) is 2.30. The van der Waals surface area contributed by atoms with Crippen LogP contribution in [0.3, 0.4) is 0 Å². The highest BCUT2D eigenvalue weighted by atomic mass is 32.2. The van der Waals surface area contributed by atoms with E-state index in [1.807, 2.05) is 0 Å². The van der Waals surface area contributed by atoms with Crippen LogP contribution in [-0.4, -0.2) is 39.0 Å². The quantitative estimate of drug-likeness (QED) is 0.880. The number of halogens is 2. The summed E-state index contributed by atoms with van der Waals surface area (Å²) in [6.45, 7) is 2.38.